The van der Waals surface area contributed by atoms with Crippen LogP contribution in [0.15, 0.2) is 30.3 Å². The topological polar surface area (TPSA) is 49.3 Å². The molecule has 1 aromatic rings. The van der Waals surface area contributed by atoms with E-state index in [1.165, 1.54) is 5.56 Å². The lowest BCUT2D eigenvalue weighted by molar-refractivity contribution is -0.141. The molecule has 15 heavy (non-hydrogen) atoms. The van der Waals surface area contributed by atoms with Crippen LogP contribution in [0.3, 0.4) is 0 Å². The fraction of sp³-hybridized carbons (Fsp3) is 0.417. The Kier molecular flexibility index (Phi) is 4.31. The van der Waals surface area contributed by atoms with Crippen LogP contribution in [0.1, 0.15) is 19.4 Å². The van der Waals surface area contributed by atoms with Crippen molar-refractivity contribution in [1.29, 1.82) is 0 Å². The van der Waals surface area contributed by atoms with E-state index in [2.05, 4.69) is 5.32 Å². The Morgan fingerprint density at radius 1 is 1.33 bits per heavy atom. The summed E-state index contributed by atoms with van der Waals surface area (Å²) < 4.78 is 0. The standard InChI is InChI=1S/C12H17NO2/c1-9(12(14)15)10(2)13-8-11-6-4-3-5-7-11/h3-7,9-10,13H,8H2,1-2H3,(H,14,15)/t9-,10-/m1/s1. The molecule has 0 unspecified atom stereocenters. The number of carboxylic acid groups (broad SMARTS) is 1. The van der Waals surface area contributed by atoms with Gasteiger partial charge in [-0.1, -0.05) is 37.3 Å². The first-order valence-electron chi connectivity index (χ1n) is 5.11. The van der Waals surface area contributed by atoms with Crippen LogP contribution in [0.5, 0.6) is 0 Å². The first kappa shape index (κ1) is 11.7. The Morgan fingerprint density at radius 3 is 2.47 bits per heavy atom. The Bertz CT molecular complexity index is 311. The minimum absolute atomic E-state index is 0.0253. The van der Waals surface area contributed by atoms with Crippen LogP contribution in [0.4, 0.5) is 0 Å². The molecule has 82 valence electrons. The molecule has 0 heterocycles. The normalized spacial score (nSPS) is 14.5. The van der Waals surface area contributed by atoms with Gasteiger partial charge in [-0.15, -0.1) is 0 Å². The lowest BCUT2D eigenvalue weighted by Crippen LogP contribution is -2.35. The summed E-state index contributed by atoms with van der Waals surface area (Å²) in [6, 6.07) is 9.93. The average molecular weight is 207 g/mol. The summed E-state index contributed by atoms with van der Waals surface area (Å²) in [6.45, 7) is 4.31. The van der Waals surface area contributed by atoms with Crippen LogP contribution in [0.25, 0.3) is 0 Å². The molecule has 2 N–H and O–H groups in total. The summed E-state index contributed by atoms with van der Waals surface area (Å²) in [7, 11) is 0. The Labute approximate surface area is 90.1 Å². The van der Waals surface area contributed by atoms with E-state index >= 15 is 0 Å². The molecular weight excluding hydrogens is 190 g/mol. The third kappa shape index (κ3) is 3.72. The third-order valence-electron chi connectivity index (χ3n) is 2.61. The largest absolute Gasteiger partial charge is 0.481 e. The van der Waals surface area contributed by atoms with Crippen molar-refractivity contribution in [3.8, 4) is 0 Å². The van der Waals surface area contributed by atoms with Gasteiger partial charge in [-0.2, -0.15) is 0 Å². The fourth-order valence-corrected chi connectivity index (χ4v) is 1.27. The molecule has 0 fully saturated rings. The second-order valence-corrected chi connectivity index (χ2v) is 3.78. The minimum Gasteiger partial charge on any atom is -0.481 e. The Hall–Kier alpha value is -1.35. The number of carbonyl (C=O) groups is 1. The molecule has 1 aromatic carbocycles. The Balaban J connectivity index is 2.41. The predicted molar refractivity (Wildman–Crippen MR) is 59.5 cm³/mol. The average Bonchev–Trinajstić information content (AvgIpc) is 2.26. The molecule has 0 aliphatic heterocycles. The van der Waals surface area contributed by atoms with Gasteiger partial charge in [0.15, 0.2) is 0 Å². The highest BCUT2D eigenvalue weighted by Gasteiger charge is 2.18. The Morgan fingerprint density at radius 2 is 1.93 bits per heavy atom. The van der Waals surface area contributed by atoms with Crippen molar-refractivity contribution in [2.75, 3.05) is 0 Å². The second-order valence-electron chi connectivity index (χ2n) is 3.78. The van der Waals surface area contributed by atoms with Crippen molar-refractivity contribution in [2.45, 2.75) is 26.4 Å². The number of nitrogens with one attached hydrogen (secondary N) is 1. The van der Waals surface area contributed by atoms with E-state index in [0.29, 0.717) is 6.54 Å². The van der Waals surface area contributed by atoms with Gasteiger partial charge < -0.3 is 10.4 Å². The molecule has 0 amide bonds. The maximum absolute atomic E-state index is 10.7. The number of hydrogen-bond acceptors (Lipinski definition) is 2. The van der Waals surface area contributed by atoms with Gasteiger partial charge in [-0.3, -0.25) is 4.79 Å². The van der Waals surface area contributed by atoms with Crippen LogP contribution >= 0.6 is 0 Å². The molecule has 0 aliphatic rings. The van der Waals surface area contributed by atoms with Gasteiger partial charge in [0.1, 0.15) is 0 Å². The lowest BCUT2D eigenvalue weighted by Gasteiger charge is -2.17. The summed E-state index contributed by atoms with van der Waals surface area (Å²) in [4.78, 5) is 10.7. The quantitative estimate of drug-likeness (QED) is 0.775. The molecule has 3 heteroatoms. The lowest BCUT2D eigenvalue weighted by atomic mass is 10.0. The number of carboxylic acids is 1. The molecule has 1 rings (SSSR count). The molecular formula is C12H17NO2. The van der Waals surface area contributed by atoms with E-state index < -0.39 is 5.97 Å². The molecule has 0 saturated carbocycles. The van der Waals surface area contributed by atoms with Gasteiger partial charge in [0.05, 0.1) is 5.92 Å². The fourth-order valence-electron chi connectivity index (χ4n) is 1.27. The van der Waals surface area contributed by atoms with E-state index in [4.69, 9.17) is 5.11 Å². The van der Waals surface area contributed by atoms with E-state index in [1.807, 2.05) is 37.3 Å². The van der Waals surface area contributed by atoms with Gasteiger partial charge in [0, 0.05) is 12.6 Å². The number of aliphatic carboxylic acids is 1. The zero-order chi connectivity index (χ0) is 11.3. The van der Waals surface area contributed by atoms with Gasteiger partial charge >= 0.3 is 5.97 Å². The molecule has 0 bridgehead atoms. The number of rotatable bonds is 5. The zero-order valence-corrected chi connectivity index (χ0v) is 9.10. The summed E-state index contributed by atoms with van der Waals surface area (Å²) in [6.07, 6.45) is 0. The van der Waals surface area contributed by atoms with Gasteiger partial charge in [-0.05, 0) is 12.5 Å². The zero-order valence-electron chi connectivity index (χ0n) is 9.10. The molecule has 0 saturated heterocycles. The van der Waals surface area contributed by atoms with Gasteiger partial charge in [0.2, 0.25) is 0 Å². The summed E-state index contributed by atoms with van der Waals surface area (Å²) in [5.41, 5.74) is 1.17. The molecule has 3 nitrogen and oxygen atoms in total. The smallest absolute Gasteiger partial charge is 0.307 e. The predicted octanol–water partition coefficient (Wildman–Crippen LogP) is 1.89. The summed E-state index contributed by atoms with van der Waals surface area (Å²) >= 11 is 0. The number of hydrogen-bond donors (Lipinski definition) is 2. The van der Waals surface area contributed by atoms with E-state index in [9.17, 15) is 4.79 Å². The molecule has 0 spiro atoms. The monoisotopic (exact) mass is 207 g/mol. The van der Waals surface area contributed by atoms with Crippen LogP contribution in [0.2, 0.25) is 0 Å². The van der Waals surface area contributed by atoms with E-state index in [-0.39, 0.29) is 12.0 Å². The molecule has 0 aromatic heterocycles. The highest BCUT2D eigenvalue weighted by Crippen LogP contribution is 2.04. The van der Waals surface area contributed by atoms with Crippen LogP contribution in [0, 0.1) is 5.92 Å². The summed E-state index contributed by atoms with van der Waals surface area (Å²) in [5, 5.41) is 12.0. The number of benzene rings is 1. The minimum atomic E-state index is -0.761. The van der Waals surface area contributed by atoms with Crippen molar-refractivity contribution in [3.63, 3.8) is 0 Å². The second kappa shape index (κ2) is 5.51. The van der Waals surface area contributed by atoms with Crippen molar-refractivity contribution < 1.29 is 9.90 Å². The first-order chi connectivity index (χ1) is 7.11. The van der Waals surface area contributed by atoms with Crippen molar-refractivity contribution >= 4 is 5.97 Å². The van der Waals surface area contributed by atoms with Crippen molar-refractivity contribution in [1.82, 2.24) is 5.32 Å². The van der Waals surface area contributed by atoms with Gasteiger partial charge in [-0.25, -0.2) is 0 Å². The highest BCUT2D eigenvalue weighted by molar-refractivity contribution is 5.70. The molecule has 0 radical (unpaired) electrons. The van der Waals surface area contributed by atoms with E-state index in [0.717, 1.165) is 0 Å². The summed E-state index contributed by atoms with van der Waals surface area (Å²) in [5.74, 6) is -1.13. The van der Waals surface area contributed by atoms with Crippen LogP contribution in [-0.4, -0.2) is 17.1 Å². The van der Waals surface area contributed by atoms with Crippen LogP contribution in [-0.2, 0) is 11.3 Å². The van der Waals surface area contributed by atoms with Crippen molar-refractivity contribution in [3.05, 3.63) is 35.9 Å². The SMILES string of the molecule is C[C@@H](NCc1ccccc1)[C@@H](C)C(=O)O. The van der Waals surface area contributed by atoms with E-state index in [1.54, 1.807) is 6.92 Å². The maximum Gasteiger partial charge on any atom is 0.307 e. The molecule has 0 aliphatic carbocycles. The van der Waals surface area contributed by atoms with Crippen molar-refractivity contribution in [2.24, 2.45) is 5.92 Å². The van der Waals surface area contributed by atoms with Gasteiger partial charge in [0.25, 0.3) is 0 Å². The van der Waals surface area contributed by atoms with Crippen LogP contribution < -0.4 is 5.32 Å². The maximum atomic E-state index is 10.7. The third-order valence-corrected chi connectivity index (χ3v) is 2.61. The molecule has 2 atom stereocenters. The first-order valence-corrected chi connectivity index (χ1v) is 5.11. The highest BCUT2D eigenvalue weighted by atomic mass is 16.4.